The summed E-state index contributed by atoms with van der Waals surface area (Å²) >= 11 is 0. The number of nitrogens with one attached hydrogen (secondary N) is 1. The van der Waals surface area contributed by atoms with Crippen LogP contribution in [-0.2, 0) is 0 Å². The van der Waals surface area contributed by atoms with Crippen LogP contribution in [0, 0.1) is 5.82 Å². The molecule has 0 amide bonds. The molecular formula is C17H29FN2O. The lowest BCUT2D eigenvalue weighted by Crippen LogP contribution is -2.30. The molecule has 0 aliphatic heterocycles. The first kappa shape index (κ1) is 17.9. The van der Waals surface area contributed by atoms with Crippen LogP contribution >= 0.6 is 0 Å². The van der Waals surface area contributed by atoms with Crippen molar-refractivity contribution in [2.75, 3.05) is 33.3 Å². The predicted octanol–water partition coefficient (Wildman–Crippen LogP) is 3.61. The van der Waals surface area contributed by atoms with E-state index in [2.05, 4.69) is 31.0 Å². The van der Waals surface area contributed by atoms with Gasteiger partial charge in [0.25, 0.3) is 0 Å². The van der Waals surface area contributed by atoms with Crippen molar-refractivity contribution in [2.45, 2.75) is 39.7 Å². The SMILES string of the molecule is CCCNC(CCN(CC)CC)c1cc(F)ccc1OC. The van der Waals surface area contributed by atoms with Gasteiger partial charge in [-0.05, 0) is 57.2 Å². The van der Waals surface area contributed by atoms with Crippen LogP contribution in [0.1, 0.15) is 45.2 Å². The molecule has 0 heterocycles. The molecule has 1 N–H and O–H groups in total. The number of hydrogen-bond donors (Lipinski definition) is 1. The Morgan fingerprint density at radius 2 is 1.95 bits per heavy atom. The summed E-state index contributed by atoms with van der Waals surface area (Å²) < 4.78 is 19.0. The van der Waals surface area contributed by atoms with Gasteiger partial charge < -0.3 is 15.0 Å². The zero-order chi connectivity index (χ0) is 15.7. The standard InChI is InChI=1S/C17H29FN2O/c1-5-11-19-16(10-12-20(6-2)7-3)15-13-14(18)8-9-17(15)21-4/h8-9,13,16,19H,5-7,10-12H2,1-4H3. The van der Waals surface area contributed by atoms with E-state index in [0.29, 0.717) is 0 Å². The van der Waals surface area contributed by atoms with E-state index in [9.17, 15) is 4.39 Å². The molecule has 1 unspecified atom stereocenters. The van der Waals surface area contributed by atoms with E-state index in [0.717, 1.165) is 50.3 Å². The van der Waals surface area contributed by atoms with Crippen LogP contribution in [0.25, 0.3) is 0 Å². The molecule has 0 aliphatic carbocycles. The van der Waals surface area contributed by atoms with Gasteiger partial charge in [-0.15, -0.1) is 0 Å². The maximum atomic E-state index is 13.6. The molecule has 0 radical (unpaired) electrons. The van der Waals surface area contributed by atoms with E-state index < -0.39 is 0 Å². The fourth-order valence-electron chi connectivity index (χ4n) is 2.52. The van der Waals surface area contributed by atoms with E-state index >= 15 is 0 Å². The van der Waals surface area contributed by atoms with Gasteiger partial charge in [-0.2, -0.15) is 0 Å². The highest BCUT2D eigenvalue weighted by molar-refractivity contribution is 5.36. The van der Waals surface area contributed by atoms with E-state index in [1.807, 2.05) is 0 Å². The monoisotopic (exact) mass is 296 g/mol. The molecular weight excluding hydrogens is 267 g/mol. The molecule has 0 spiro atoms. The highest BCUT2D eigenvalue weighted by atomic mass is 19.1. The van der Waals surface area contributed by atoms with Crippen LogP contribution in [0.5, 0.6) is 5.75 Å². The summed E-state index contributed by atoms with van der Waals surface area (Å²) in [5, 5.41) is 3.52. The van der Waals surface area contributed by atoms with Gasteiger partial charge in [0.2, 0.25) is 0 Å². The zero-order valence-corrected chi connectivity index (χ0v) is 13.8. The Morgan fingerprint density at radius 1 is 1.24 bits per heavy atom. The highest BCUT2D eigenvalue weighted by Gasteiger charge is 2.17. The van der Waals surface area contributed by atoms with Crippen molar-refractivity contribution in [3.63, 3.8) is 0 Å². The molecule has 3 nitrogen and oxygen atoms in total. The number of hydrogen-bond acceptors (Lipinski definition) is 3. The maximum absolute atomic E-state index is 13.6. The van der Waals surface area contributed by atoms with Gasteiger partial charge >= 0.3 is 0 Å². The predicted molar refractivity (Wildman–Crippen MR) is 86.4 cm³/mol. The average molecular weight is 296 g/mol. The van der Waals surface area contributed by atoms with Crippen molar-refractivity contribution in [2.24, 2.45) is 0 Å². The summed E-state index contributed by atoms with van der Waals surface area (Å²) in [6, 6.07) is 4.87. The van der Waals surface area contributed by atoms with Crippen molar-refractivity contribution in [1.82, 2.24) is 10.2 Å². The fraction of sp³-hybridized carbons (Fsp3) is 0.647. The van der Waals surface area contributed by atoms with Gasteiger partial charge in [-0.1, -0.05) is 20.8 Å². The molecule has 0 fully saturated rings. The minimum absolute atomic E-state index is 0.121. The molecule has 0 saturated carbocycles. The van der Waals surface area contributed by atoms with Gasteiger partial charge in [0.05, 0.1) is 7.11 Å². The molecule has 21 heavy (non-hydrogen) atoms. The lowest BCUT2D eigenvalue weighted by Gasteiger charge is -2.25. The summed E-state index contributed by atoms with van der Waals surface area (Å²) in [4.78, 5) is 2.38. The quantitative estimate of drug-likeness (QED) is 0.714. The van der Waals surface area contributed by atoms with Crippen LogP contribution in [0.2, 0.25) is 0 Å². The second-order valence-corrected chi connectivity index (χ2v) is 5.21. The van der Waals surface area contributed by atoms with Gasteiger partial charge in [0.15, 0.2) is 0 Å². The molecule has 4 heteroatoms. The Labute approximate surface area is 128 Å². The summed E-state index contributed by atoms with van der Waals surface area (Å²) in [6.07, 6.45) is 2.00. The molecule has 120 valence electrons. The minimum atomic E-state index is -0.211. The fourth-order valence-corrected chi connectivity index (χ4v) is 2.52. The maximum Gasteiger partial charge on any atom is 0.123 e. The number of rotatable bonds is 10. The van der Waals surface area contributed by atoms with Gasteiger partial charge in [-0.25, -0.2) is 4.39 Å². The second kappa shape index (κ2) is 9.74. The molecule has 1 rings (SSSR count). The average Bonchev–Trinajstić information content (AvgIpc) is 2.51. The second-order valence-electron chi connectivity index (χ2n) is 5.21. The summed E-state index contributed by atoms with van der Waals surface area (Å²) in [6.45, 7) is 10.5. The molecule has 0 bridgehead atoms. The van der Waals surface area contributed by atoms with Crippen LogP contribution in [0.4, 0.5) is 4.39 Å². The molecule has 1 aromatic carbocycles. The molecule has 0 aliphatic rings. The normalized spacial score (nSPS) is 12.7. The van der Waals surface area contributed by atoms with Crippen molar-refractivity contribution in [3.8, 4) is 5.75 Å². The molecule has 0 aromatic heterocycles. The number of methoxy groups -OCH3 is 1. The Kier molecular flexibility index (Phi) is 8.31. The first-order valence-electron chi connectivity index (χ1n) is 7.95. The van der Waals surface area contributed by atoms with E-state index in [4.69, 9.17) is 4.74 Å². The molecule has 0 saturated heterocycles. The van der Waals surface area contributed by atoms with E-state index in [1.54, 1.807) is 19.2 Å². The largest absolute Gasteiger partial charge is 0.496 e. The van der Waals surface area contributed by atoms with Crippen molar-refractivity contribution in [1.29, 1.82) is 0 Å². The summed E-state index contributed by atoms with van der Waals surface area (Å²) in [5.41, 5.74) is 0.915. The van der Waals surface area contributed by atoms with Gasteiger partial charge in [0, 0.05) is 11.6 Å². The number of benzene rings is 1. The molecule has 1 aromatic rings. The Balaban J connectivity index is 2.87. The topological polar surface area (TPSA) is 24.5 Å². The smallest absolute Gasteiger partial charge is 0.123 e. The summed E-state index contributed by atoms with van der Waals surface area (Å²) in [5.74, 6) is 0.543. The Morgan fingerprint density at radius 3 is 2.52 bits per heavy atom. The lowest BCUT2D eigenvalue weighted by molar-refractivity contribution is 0.279. The third-order valence-corrected chi connectivity index (χ3v) is 3.84. The van der Waals surface area contributed by atoms with E-state index in [1.165, 1.54) is 6.07 Å². The first-order chi connectivity index (χ1) is 10.2. The zero-order valence-electron chi connectivity index (χ0n) is 13.8. The third kappa shape index (κ3) is 5.64. The van der Waals surface area contributed by atoms with Crippen molar-refractivity contribution >= 4 is 0 Å². The Hall–Kier alpha value is -1.13. The van der Waals surface area contributed by atoms with Crippen molar-refractivity contribution < 1.29 is 9.13 Å². The number of ether oxygens (including phenoxy) is 1. The number of halogens is 1. The van der Waals surface area contributed by atoms with Crippen LogP contribution in [0.3, 0.4) is 0 Å². The Bertz CT molecular complexity index is 408. The minimum Gasteiger partial charge on any atom is -0.496 e. The van der Waals surface area contributed by atoms with Crippen LogP contribution < -0.4 is 10.1 Å². The van der Waals surface area contributed by atoms with Gasteiger partial charge in [0.1, 0.15) is 11.6 Å². The first-order valence-corrected chi connectivity index (χ1v) is 7.95. The van der Waals surface area contributed by atoms with Crippen molar-refractivity contribution in [3.05, 3.63) is 29.6 Å². The highest BCUT2D eigenvalue weighted by Crippen LogP contribution is 2.28. The van der Waals surface area contributed by atoms with Crippen LogP contribution in [0.15, 0.2) is 18.2 Å². The van der Waals surface area contributed by atoms with Gasteiger partial charge in [-0.3, -0.25) is 0 Å². The lowest BCUT2D eigenvalue weighted by atomic mass is 10.0. The third-order valence-electron chi connectivity index (χ3n) is 3.84. The number of nitrogens with zero attached hydrogens (tertiary/aromatic N) is 1. The summed E-state index contributed by atoms with van der Waals surface area (Å²) in [7, 11) is 1.64. The van der Waals surface area contributed by atoms with E-state index in [-0.39, 0.29) is 11.9 Å². The molecule has 1 atom stereocenters. The van der Waals surface area contributed by atoms with Crippen LogP contribution in [-0.4, -0.2) is 38.2 Å².